The maximum Gasteiger partial charge on any atom is 0.240 e. The molecule has 0 fully saturated rings. The Morgan fingerprint density at radius 3 is 2.35 bits per heavy atom. The summed E-state index contributed by atoms with van der Waals surface area (Å²) < 4.78 is 43.5. The molecule has 6 nitrogen and oxygen atoms in total. The molecule has 1 aromatic carbocycles. The Kier molecular flexibility index (Phi) is 8.36. The molecular formula is C16H27NO5S. The van der Waals surface area contributed by atoms with Crippen LogP contribution < -0.4 is 14.2 Å². The molecule has 0 atom stereocenters. The topological polar surface area (TPSA) is 73.9 Å². The third kappa shape index (κ3) is 6.76. The minimum atomic E-state index is -3.57. The molecule has 0 spiro atoms. The van der Waals surface area contributed by atoms with Gasteiger partial charge in [-0.2, -0.15) is 0 Å². The highest BCUT2D eigenvalue weighted by molar-refractivity contribution is 7.89. The van der Waals surface area contributed by atoms with E-state index >= 15 is 0 Å². The molecule has 0 bridgehead atoms. The third-order valence-electron chi connectivity index (χ3n) is 2.89. The summed E-state index contributed by atoms with van der Waals surface area (Å²) in [5, 5.41) is 0. The molecule has 0 heterocycles. The van der Waals surface area contributed by atoms with E-state index in [1.807, 2.05) is 27.7 Å². The Balaban J connectivity index is 2.73. The molecule has 0 amide bonds. The van der Waals surface area contributed by atoms with Gasteiger partial charge in [0.05, 0.1) is 24.2 Å². The molecule has 0 aliphatic heterocycles. The first-order valence-corrected chi connectivity index (χ1v) is 9.40. The van der Waals surface area contributed by atoms with Gasteiger partial charge >= 0.3 is 0 Å². The van der Waals surface area contributed by atoms with Gasteiger partial charge in [-0.25, -0.2) is 13.1 Å². The van der Waals surface area contributed by atoms with Crippen molar-refractivity contribution in [1.29, 1.82) is 0 Å². The Bertz CT molecular complexity index is 572. The summed E-state index contributed by atoms with van der Waals surface area (Å²) in [6.07, 6.45) is 0.763. The zero-order valence-corrected chi connectivity index (χ0v) is 15.1. The quantitative estimate of drug-likeness (QED) is 0.624. The van der Waals surface area contributed by atoms with Crippen LogP contribution in [0.2, 0.25) is 0 Å². The normalized spacial score (nSPS) is 11.7. The van der Waals surface area contributed by atoms with Gasteiger partial charge in [-0.15, -0.1) is 0 Å². The van der Waals surface area contributed by atoms with Crippen LogP contribution in [0.1, 0.15) is 34.1 Å². The van der Waals surface area contributed by atoms with E-state index in [0.29, 0.717) is 44.3 Å². The summed E-state index contributed by atoms with van der Waals surface area (Å²) in [7, 11) is -3.57. The summed E-state index contributed by atoms with van der Waals surface area (Å²) in [6, 6.07) is 4.62. The molecule has 0 aliphatic carbocycles. The number of sulfonamides is 1. The lowest BCUT2D eigenvalue weighted by molar-refractivity contribution is 0.0778. The fourth-order valence-corrected chi connectivity index (χ4v) is 2.97. The molecule has 0 saturated carbocycles. The first kappa shape index (κ1) is 19.7. The van der Waals surface area contributed by atoms with Crippen molar-refractivity contribution in [3.63, 3.8) is 0 Å². The van der Waals surface area contributed by atoms with Gasteiger partial charge in [0.2, 0.25) is 10.0 Å². The minimum Gasteiger partial charge on any atom is -0.490 e. The monoisotopic (exact) mass is 345 g/mol. The predicted molar refractivity (Wildman–Crippen MR) is 89.7 cm³/mol. The lowest BCUT2D eigenvalue weighted by Crippen LogP contribution is -2.26. The largest absolute Gasteiger partial charge is 0.490 e. The van der Waals surface area contributed by atoms with E-state index in [9.17, 15) is 8.42 Å². The molecule has 0 aromatic heterocycles. The smallest absolute Gasteiger partial charge is 0.240 e. The van der Waals surface area contributed by atoms with Gasteiger partial charge in [0, 0.05) is 19.2 Å². The number of hydrogen-bond donors (Lipinski definition) is 1. The molecule has 132 valence electrons. The standard InChI is InChI=1S/C16H27NO5S/c1-5-20-15-9-8-14(12-16(15)21-6-2)23(18,19)17-10-7-11-22-13(3)4/h8-9,12-13,17H,5-7,10-11H2,1-4H3. The van der Waals surface area contributed by atoms with Crippen molar-refractivity contribution in [2.24, 2.45) is 0 Å². The number of hydrogen-bond acceptors (Lipinski definition) is 5. The van der Waals surface area contributed by atoms with E-state index in [2.05, 4.69) is 4.72 Å². The molecule has 0 radical (unpaired) electrons. The molecule has 0 unspecified atom stereocenters. The third-order valence-corrected chi connectivity index (χ3v) is 4.35. The highest BCUT2D eigenvalue weighted by atomic mass is 32.2. The summed E-state index contributed by atoms with van der Waals surface area (Å²) in [5.74, 6) is 0.971. The Hall–Kier alpha value is -1.31. The molecule has 1 rings (SSSR count). The van der Waals surface area contributed by atoms with E-state index in [1.165, 1.54) is 12.1 Å². The van der Waals surface area contributed by atoms with E-state index in [0.717, 1.165) is 0 Å². The van der Waals surface area contributed by atoms with Crippen molar-refractivity contribution in [1.82, 2.24) is 4.72 Å². The number of ether oxygens (including phenoxy) is 3. The molecule has 7 heteroatoms. The SMILES string of the molecule is CCOc1ccc(S(=O)(=O)NCCCOC(C)C)cc1OCC. The van der Waals surface area contributed by atoms with Gasteiger partial charge in [0.1, 0.15) is 0 Å². The van der Waals surface area contributed by atoms with E-state index in [1.54, 1.807) is 6.07 Å². The van der Waals surface area contributed by atoms with Crippen molar-refractivity contribution in [3.05, 3.63) is 18.2 Å². The Morgan fingerprint density at radius 1 is 1.09 bits per heavy atom. The molecular weight excluding hydrogens is 318 g/mol. The number of rotatable bonds is 11. The zero-order valence-electron chi connectivity index (χ0n) is 14.3. The van der Waals surface area contributed by atoms with Crippen LogP contribution in [0.3, 0.4) is 0 Å². The van der Waals surface area contributed by atoms with E-state index < -0.39 is 10.0 Å². The molecule has 1 aromatic rings. The Labute approximate surface area is 139 Å². The van der Waals surface area contributed by atoms with Crippen LogP contribution in [0.5, 0.6) is 11.5 Å². The Morgan fingerprint density at radius 2 is 1.74 bits per heavy atom. The van der Waals surface area contributed by atoms with Gasteiger partial charge in [-0.1, -0.05) is 0 Å². The number of nitrogens with one attached hydrogen (secondary N) is 1. The van der Waals surface area contributed by atoms with Crippen molar-refractivity contribution >= 4 is 10.0 Å². The summed E-state index contributed by atoms with van der Waals surface area (Å²) in [6.45, 7) is 9.35. The van der Waals surface area contributed by atoms with Crippen LogP contribution in [-0.2, 0) is 14.8 Å². The van der Waals surface area contributed by atoms with Crippen LogP contribution in [0, 0.1) is 0 Å². The van der Waals surface area contributed by atoms with Crippen LogP contribution in [0.15, 0.2) is 23.1 Å². The first-order chi connectivity index (χ1) is 10.9. The van der Waals surface area contributed by atoms with Crippen LogP contribution >= 0.6 is 0 Å². The predicted octanol–water partition coefficient (Wildman–Crippen LogP) is 2.58. The maximum atomic E-state index is 12.3. The van der Waals surface area contributed by atoms with Crippen LogP contribution in [0.25, 0.3) is 0 Å². The molecule has 23 heavy (non-hydrogen) atoms. The van der Waals surface area contributed by atoms with E-state index in [4.69, 9.17) is 14.2 Å². The van der Waals surface area contributed by atoms with Crippen LogP contribution in [-0.4, -0.2) is 40.9 Å². The highest BCUT2D eigenvalue weighted by Gasteiger charge is 2.16. The molecule has 1 N–H and O–H groups in total. The lowest BCUT2D eigenvalue weighted by Gasteiger charge is -2.13. The molecule has 0 saturated heterocycles. The van der Waals surface area contributed by atoms with Gasteiger partial charge in [-0.05, 0) is 46.2 Å². The summed E-state index contributed by atoms with van der Waals surface area (Å²) >= 11 is 0. The van der Waals surface area contributed by atoms with Crippen LogP contribution in [0.4, 0.5) is 0 Å². The van der Waals surface area contributed by atoms with Gasteiger partial charge in [0.25, 0.3) is 0 Å². The average molecular weight is 345 g/mol. The summed E-state index contributed by atoms with van der Waals surface area (Å²) in [4.78, 5) is 0.161. The first-order valence-electron chi connectivity index (χ1n) is 7.91. The highest BCUT2D eigenvalue weighted by Crippen LogP contribution is 2.30. The molecule has 0 aliphatic rings. The second-order valence-electron chi connectivity index (χ2n) is 5.15. The van der Waals surface area contributed by atoms with Crippen molar-refractivity contribution in [2.75, 3.05) is 26.4 Å². The van der Waals surface area contributed by atoms with Gasteiger partial charge in [-0.3, -0.25) is 0 Å². The van der Waals surface area contributed by atoms with Crippen molar-refractivity contribution < 1.29 is 22.6 Å². The fraction of sp³-hybridized carbons (Fsp3) is 0.625. The lowest BCUT2D eigenvalue weighted by atomic mass is 10.3. The second-order valence-corrected chi connectivity index (χ2v) is 6.91. The number of benzene rings is 1. The average Bonchev–Trinajstić information content (AvgIpc) is 2.48. The van der Waals surface area contributed by atoms with Gasteiger partial charge < -0.3 is 14.2 Å². The fourth-order valence-electron chi connectivity index (χ4n) is 1.88. The summed E-state index contributed by atoms with van der Waals surface area (Å²) in [5.41, 5.74) is 0. The minimum absolute atomic E-state index is 0.145. The zero-order chi connectivity index (χ0) is 17.3. The maximum absolute atomic E-state index is 12.3. The van der Waals surface area contributed by atoms with Gasteiger partial charge in [0.15, 0.2) is 11.5 Å². The van der Waals surface area contributed by atoms with Crippen molar-refractivity contribution in [2.45, 2.75) is 45.1 Å². The van der Waals surface area contributed by atoms with Crippen molar-refractivity contribution in [3.8, 4) is 11.5 Å². The van der Waals surface area contributed by atoms with E-state index in [-0.39, 0.29) is 11.0 Å². The second kappa shape index (κ2) is 9.75.